The number of hydrogen-bond acceptors (Lipinski definition) is 3. The van der Waals surface area contributed by atoms with Gasteiger partial charge in [0.15, 0.2) is 0 Å². The molecule has 0 heterocycles. The highest BCUT2D eigenvalue weighted by Gasteiger charge is 2.33. The average Bonchev–Trinajstić information content (AvgIpc) is 2.94. The van der Waals surface area contributed by atoms with Crippen LogP contribution in [0, 0.1) is 5.82 Å². The summed E-state index contributed by atoms with van der Waals surface area (Å²) in [6.07, 6.45) is 4.28. The van der Waals surface area contributed by atoms with Crippen LogP contribution in [-0.2, 0) is 4.79 Å². The maximum absolute atomic E-state index is 14.1. The van der Waals surface area contributed by atoms with E-state index >= 15 is 0 Å². The van der Waals surface area contributed by atoms with Crippen molar-refractivity contribution in [3.8, 4) is 0 Å². The minimum Gasteiger partial charge on any atom is -0.390 e. The Kier molecular flexibility index (Phi) is 5.76. The lowest BCUT2D eigenvalue weighted by atomic mass is 9.97. The van der Waals surface area contributed by atoms with Gasteiger partial charge in [-0.15, -0.1) is 0 Å². The van der Waals surface area contributed by atoms with Crippen LogP contribution in [0.15, 0.2) is 24.3 Å². The minimum absolute atomic E-state index is 0.151. The fourth-order valence-corrected chi connectivity index (χ4v) is 3.31. The van der Waals surface area contributed by atoms with Crippen LogP contribution in [-0.4, -0.2) is 54.1 Å². The molecule has 0 spiro atoms. The standard InChI is InChI=1S/C18H27FN2O2/c1-20(2)16(14-8-4-5-9-15(14)19)17(22)21(3)13-12-18(23)10-6-7-11-18/h4-5,8-9,16,23H,6-7,10-13H2,1-3H3/t16-/m0/s1. The first kappa shape index (κ1) is 17.9. The number of carbonyl (C=O) groups excluding carboxylic acids is 1. The fraction of sp³-hybridized carbons (Fsp3) is 0.611. The van der Waals surface area contributed by atoms with Crippen LogP contribution < -0.4 is 0 Å². The summed E-state index contributed by atoms with van der Waals surface area (Å²) in [5, 5.41) is 10.4. The highest BCUT2D eigenvalue weighted by Crippen LogP contribution is 2.32. The van der Waals surface area contributed by atoms with Gasteiger partial charge < -0.3 is 10.0 Å². The zero-order chi connectivity index (χ0) is 17.0. The van der Waals surface area contributed by atoms with Crippen LogP contribution >= 0.6 is 0 Å². The van der Waals surface area contributed by atoms with Gasteiger partial charge in [-0.25, -0.2) is 4.39 Å². The van der Waals surface area contributed by atoms with E-state index in [1.165, 1.54) is 6.07 Å². The van der Waals surface area contributed by atoms with Gasteiger partial charge in [0.1, 0.15) is 11.9 Å². The molecule has 1 atom stereocenters. The Labute approximate surface area is 137 Å². The van der Waals surface area contributed by atoms with E-state index in [4.69, 9.17) is 0 Å². The Hall–Kier alpha value is -1.46. The first-order chi connectivity index (χ1) is 10.8. The van der Waals surface area contributed by atoms with Crippen molar-refractivity contribution in [2.24, 2.45) is 0 Å². The molecular formula is C18H27FN2O2. The molecule has 2 rings (SSSR count). The highest BCUT2D eigenvalue weighted by atomic mass is 19.1. The fourth-order valence-electron chi connectivity index (χ4n) is 3.31. The Morgan fingerprint density at radius 3 is 2.43 bits per heavy atom. The van der Waals surface area contributed by atoms with Crippen molar-refractivity contribution >= 4 is 5.91 Å². The molecule has 0 aromatic heterocycles. The summed E-state index contributed by atoms with van der Waals surface area (Å²) in [5.41, 5.74) is -0.255. The molecule has 23 heavy (non-hydrogen) atoms. The molecule has 0 unspecified atom stereocenters. The molecule has 1 fully saturated rings. The van der Waals surface area contributed by atoms with Gasteiger partial charge in [-0.1, -0.05) is 31.0 Å². The van der Waals surface area contributed by atoms with Gasteiger partial charge >= 0.3 is 0 Å². The zero-order valence-electron chi connectivity index (χ0n) is 14.3. The van der Waals surface area contributed by atoms with Gasteiger partial charge in [0.05, 0.1) is 5.60 Å². The molecule has 0 aliphatic heterocycles. The molecule has 5 heteroatoms. The second-order valence-electron chi connectivity index (χ2n) is 6.83. The van der Waals surface area contributed by atoms with E-state index in [-0.39, 0.29) is 11.7 Å². The molecule has 1 aliphatic carbocycles. The topological polar surface area (TPSA) is 43.8 Å². The van der Waals surface area contributed by atoms with Gasteiger partial charge in [-0.05, 0) is 39.4 Å². The van der Waals surface area contributed by atoms with Crippen LogP contribution in [0.1, 0.15) is 43.7 Å². The molecule has 1 N–H and O–H groups in total. The van der Waals surface area contributed by atoms with Crippen LogP contribution in [0.2, 0.25) is 0 Å². The maximum Gasteiger partial charge on any atom is 0.244 e. The molecule has 0 radical (unpaired) electrons. The quantitative estimate of drug-likeness (QED) is 0.875. The number of rotatable bonds is 6. The van der Waals surface area contributed by atoms with E-state index in [1.54, 1.807) is 49.1 Å². The predicted octanol–water partition coefficient (Wildman–Crippen LogP) is 2.58. The minimum atomic E-state index is -0.653. The van der Waals surface area contributed by atoms with Gasteiger partial charge in [-0.2, -0.15) is 0 Å². The number of hydrogen-bond donors (Lipinski definition) is 1. The number of carbonyl (C=O) groups is 1. The Morgan fingerprint density at radius 1 is 1.26 bits per heavy atom. The summed E-state index contributed by atoms with van der Waals surface area (Å²) in [6.45, 7) is 0.480. The van der Waals surface area contributed by atoms with Crippen molar-refractivity contribution in [2.75, 3.05) is 27.7 Å². The van der Waals surface area contributed by atoms with Crippen LogP contribution in [0.25, 0.3) is 0 Å². The lowest BCUT2D eigenvalue weighted by Gasteiger charge is -2.31. The molecule has 1 aromatic rings. The normalized spacial score (nSPS) is 18.2. The van der Waals surface area contributed by atoms with Crippen molar-refractivity contribution in [2.45, 2.75) is 43.7 Å². The second-order valence-corrected chi connectivity index (χ2v) is 6.83. The first-order valence-corrected chi connectivity index (χ1v) is 8.22. The summed E-state index contributed by atoms with van der Waals surface area (Å²) < 4.78 is 14.1. The number of nitrogens with zero attached hydrogens (tertiary/aromatic N) is 2. The summed E-state index contributed by atoms with van der Waals surface area (Å²) in [7, 11) is 5.26. The van der Waals surface area contributed by atoms with Gasteiger partial charge in [0, 0.05) is 19.2 Å². The Bertz CT molecular complexity index is 542. The van der Waals surface area contributed by atoms with Crippen molar-refractivity contribution in [3.63, 3.8) is 0 Å². The molecule has 1 aromatic carbocycles. The largest absolute Gasteiger partial charge is 0.390 e. The first-order valence-electron chi connectivity index (χ1n) is 8.22. The van der Waals surface area contributed by atoms with E-state index in [0.717, 1.165) is 25.7 Å². The number of amides is 1. The molecule has 1 aliphatic rings. The summed E-state index contributed by atoms with van der Waals surface area (Å²) in [6, 6.07) is 5.73. The second kappa shape index (κ2) is 7.41. The van der Waals surface area contributed by atoms with Crippen LogP contribution in [0.3, 0.4) is 0 Å². The monoisotopic (exact) mass is 322 g/mol. The Morgan fingerprint density at radius 2 is 1.87 bits per heavy atom. The molecule has 0 bridgehead atoms. The summed E-state index contributed by atoms with van der Waals surface area (Å²) >= 11 is 0. The van der Waals surface area contributed by atoms with Gasteiger partial charge in [0.2, 0.25) is 5.91 Å². The van der Waals surface area contributed by atoms with E-state index in [0.29, 0.717) is 18.5 Å². The number of benzene rings is 1. The third-order valence-electron chi connectivity index (χ3n) is 4.77. The summed E-state index contributed by atoms with van der Waals surface area (Å²) in [4.78, 5) is 16.1. The van der Waals surface area contributed by atoms with E-state index in [1.807, 2.05) is 0 Å². The van der Waals surface area contributed by atoms with Crippen LogP contribution in [0.4, 0.5) is 4.39 Å². The third-order valence-corrected chi connectivity index (χ3v) is 4.77. The predicted molar refractivity (Wildman–Crippen MR) is 88.5 cm³/mol. The van der Waals surface area contributed by atoms with Gasteiger partial charge in [0.25, 0.3) is 0 Å². The van der Waals surface area contributed by atoms with Crippen LogP contribution in [0.5, 0.6) is 0 Å². The molecular weight excluding hydrogens is 295 g/mol. The lowest BCUT2D eigenvalue weighted by Crippen LogP contribution is -2.41. The van der Waals surface area contributed by atoms with Crippen molar-refractivity contribution in [1.29, 1.82) is 0 Å². The van der Waals surface area contributed by atoms with E-state index in [2.05, 4.69) is 0 Å². The molecule has 1 saturated carbocycles. The smallest absolute Gasteiger partial charge is 0.244 e. The molecule has 128 valence electrons. The third kappa shape index (κ3) is 4.30. The molecule has 4 nitrogen and oxygen atoms in total. The maximum atomic E-state index is 14.1. The zero-order valence-corrected chi connectivity index (χ0v) is 14.3. The average molecular weight is 322 g/mol. The number of likely N-dealkylation sites (N-methyl/N-ethyl adjacent to an activating group) is 2. The van der Waals surface area contributed by atoms with Crippen molar-refractivity contribution in [1.82, 2.24) is 9.80 Å². The van der Waals surface area contributed by atoms with Crippen molar-refractivity contribution in [3.05, 3.63) is 35.6 Å². The highest BCUT2D eigenvalue weighted by molar-refractivity contribution is 5.83. The molecule has 0 saturated heterocycles. The van der Waals surface area contributed by atoms with E-state index < -0.39 is 11.6 Å². The number of halogens is 1. The van der Waals surface area contributed by atoms with E-state index in [9.17, 15) is 14.3 Å². The lowest BCUT2D eigenvalue weighted by molar-refractivity contribution is -0.135. The molecule has 1 amide bonds. The number of aliphatic hydroxyl groups is 1. The van der Waals surface area contributed by atoms with Gasteiger partial charge in [-0.3, -0.25) is 9.69 Å². The Balaban J connectivity index is 2.07. The van der Waals surface area contributed by atoms with Crippen molar-refractivity contribution < 1.29 is 14.3 Å². The SMILES string of the molecule is CN(CCC1(O)CCCC1)C(=O)[C@H](c1ccccc1F)N(C)C. The summed E-state index contributed by atoms with van der Waals surface area (Å²) in [5.74, 6) is -0.524.